The molecule has 7 nitrogen and oxygen atoms in total. The van der Waals surface area contributed by atoms with Crippen molar-refractivity contribution in [1.82, 2.24) is 5.32 Å². The van der Waals surface area contributed by atoms with Crippen LogP contribution in [0.3, 0.4) is 0 Å². The zero-order valence-electron chi connectivity index (χ0n) is 16.6. The SMILES string of the molecule is CC(=O)Nc1ccc(NC(=O)/C(=C/c2ccco2)NC(=O)c2ccc(C)cc2)cc1. The third-order valence-electron chi connectivity index (χ3n) is 4.10. The van der Waals surface area contributed by atoms with E-state index in [2.05, 4.69) is 16.0 Å². The molecule has 0 aliphatic rings. The van der Waals surface area contributed by atoms with Gasteiger partial charge in [0.05, 0.1) is 6.26 Å². The van der Waals surface area contributed by atoms with Crippen molar-refractivity contribution in [3.8, 4) is 0 Å². The maximum atomic E-state index is 12.8. The Bertz CT molecular complexity index is 1070. The number of carbonyl (C=O) groups is 3. The smallest absolute Gasteiger partial charge is 0.272 e. The number of aryl methyl sites for hydroxylation is 1. The van der Waals surface area contributed by atoms with Gasteiger partial charge in [-0.1, -0.05) is 17.7 Å². The first-order valence-electron chi connectivity index (χ1n) is 9.23. The third kappa shape index (κ3) is 5.68. The lowest BCUT2D eigenvalue weighted by molar-refractivity contribution is -0.114. The van der Waals surface area contributed by atoms with E-state index < -0.39 is 11.8 Å². The van der Waals surface area contributed by atoms with Crippen LogP contribution in [0.15, 0.2) is 77.0 Å². The van der Waals surface area contributed by atoms with Crippen molar-refractivity contribution < 1.29 is 18.8 Å². The maximum absolute atomic E-state index is 12.8. The van der Waals surface area contributed by atoms with Crippen molar-refractivity contribution in [2.24, 2.45) is 0 Å². The highest BCUT2D eigenvalue weighted by Gasteiger charge is 2.16. The Morgan fingerprint density at radius 1 is 0.867 bits per heavy atom. The lowest BCUT2D eigenvalue weighted by Gasteiger charge is -2.11. The molecular formula is C23H21N3O4. The van der Waals surface area contributed by atoms with Crippen molar-refractivity contribution in [3.05, 3.63) is 89.5 Å². The van der Waals surface area contributed by atoms with Crippen LogP contribution in [-0.4, -0.2) is 17.7 Å². The Hall–Kier alpha value is -4.13. The molecule has 2 aromatic carbocycles. The Kier molecular flexibility index (Phi) is 6.44. The van der Waals surface area contributed by atoms with E-state index in [0.29, 0.717) is 22.7 Å². The van der Waals surface area contributed by atoms with E-state index in [1.54, 1.807) is 48.5 Å². The van der Waals surface area contributed by atoms with Gasteiger partial charge in [0.2, 0.25) is 5.91 Å². The second kappa shape index (κ2) is 9.38. The van der Waals surface area contributed by atoms with Gasteiger partial charge in [-0.15, -0.1) is 0 Å². The summed E-state index contributed by atoms with van der Waals surface area (Å²) in [5.74, 6) is -0.692. The number of carbonyl (C=O) groups excluding carboxylic acids is 3. The van der Waals surface area contributed by atoms with Gasteiger partial charge in [0.1, 0.15) is 11.5 Å². The van der Waals surface area contributed by atoms with Crippen molar-refractivity contribution >= 4 is 35.2 Å². The van der Waals surface area contributed by atoms with E-state index in [-0.39, 0.29) is 11.6 Å². The zero-order valence-corrected chi connectivity index (χ0v) is 16.6. The first-order chi connectivity index (χ1) is 14.4. The number of anilines is 2. The van der Waals surface area contributed by atoms with Gasteiger partial charge < -0.3 is 20.4 Å². The topological polar surface area (TPSA) is 100 Å². The predicted octanol–water partition coefficient (Wildman–Crippen LogP) is 3.96. The highest BCUT2D eigenvalue weighted by molar-refractivity contribution is 6.10. The van der Waals surface area contributed by atoms with E-state index in [9.17, 15) is 14.4 Å². The van der Waals surface area contributed by atoms with Crippen molar-refractivity contribution in [3.63, 3.8) is 0 Å². The van der Waals surface area contributed by atoms with Gasteiger partial charge in [0.25, 0.3) is 11.8 Å². The van der Waals surface area contributed by atoms with E-state index >= 15 is 0 Å². The van der Waals surface area contributed by atoms with Crippen molar-refractivity contribution in [2.45, 2.75) is 13.8 Å². The van der Waals surface area contributed by atoms with Gasteiger partial charge in [0, 0.05) is 29.9 Å². The minimum absolute atomic E-state index is 0.0291. The molecule has 7 heteroatoms. The first-order valence-corrected chi connectivity index (χ1v) is 9.23. The van der Waals surface area contributed by atoms with Gasteiger partial charge in [-0.3, -0.25) is 14.4 Å². The number of nitrogens with one attached hydrogen (secondary N) is 3. The summed E-state index contributed by atoms with van der Waals surface area (Å²) in [6.45, 7) is 3.34. The van der Waals surface area contributed by atoms with Crippen LogP contribution in [0.4, 0.5) is 11.4 Å². The predicted molar refractivity (Wildman–Crippen MR) is 115 cm³/mol. The van der Waals surface area contributed by atoms with Crippen LogP contribution in [-0.2, 0) is 9.59 Å². The summed E-state index contributed by atoms with van der Waals surface area (Å²) in [6, 6.07) is 17.0. The van der Waals surface area contributed by atoms with Gasteiger partial charge in [-0.25, -0.2) is 0 Å². The Morgan fingerprint density at radius 2 is 1.50 bits per heavy atom. The molecule has 0 saturated carbocycles. The molecule has 0 saturated heterocycles. The average Bonchev–Trinajstić information content (AvgIpc) is 3.22. The molecule has 0 aliphatic heterocycles. The molecule has 0 unspecified atom stereocenters. The minimum atomic E-state index is -0.515. The summed E-state index contributed by atoms with van der Waals surface area (Å²) < 4.78 is 5.27. The van der Waals surface area contributed by atoms with E-state index in [4.69, 9.17) is 4.42 Å². The summed E-state index contributed by atoms with van der Waals surface area (Å²) in [7, 11) is 0. The number of amides is 3. The zero-order chi connectivity index (χ0) is 21.5. The van der Waals surface area contributed by atoms with Crippen LogP contribution in [0.2, 0.25) is 0 Å². The van der Waals surface area contributed by atoms with Crippen LogP contribution in [0.25, 0.3) is 6.08 Å². The molecular weight excluding hydrogens is 382 g/mol. The van der Waals surface area contributed by atoms with Crippen molar-refractivity contribution in [2.75, 3.05) is 10.6 Å². The molecule has 152 valence electrons. The third-order valence-corrected chi connectivity index (χ3v) is 4.10. The average molecular weight is 403 g/mol. The number of hydrogen-bond donors (Lipinski definition) is 3. The summed E-state index contributed by atoms with van der Waals surface area (Å²) in [5.41, 5.74) is 2.60. The number of benzene rings is 2. The molecule has 1 heterocycles. The quantitative estimate of drug-likeness (QED) is 0.543. The van der Waals surface area contributed by atoms with Crippen LogP contribution < -0.4 is 16.0 Å². The molecule has 3 aromatic rings. The summed E-state index contributed by atoms with van der Waals surface area (Å²) >= 11 is 0. The molecule has 0 bridgehead atoms. The van der Waals surface area contributed by atoms with Gasteiger partial charge in [-0.05, 0) is 55.5 Å². The lowest BCUT2D eigenvalue weighted by Crippen LogP contribution is -2.30. The lowest BCUT2D eigenvalue weighted by atomic mass is 10.1. The van der Waals surface area contributed by atoms with E-state index in [0.717, 1.165) is 5.56 Å². The normalized spacial score (nSPS) is 10.9. The highest BCUT2D eigenvalue weighted by Crippen LogP contribution is 2.15. The monoisotopic (exact) mass is 403 g/mol. The van der Waals surface area contributed by atoms with Gasteiger partial charge >= 0.3 is 0 Å². The second-order valence-corrected chi connectivity index (χ2v) is 6.61. The highest BCUT2D eigenvalue weighted by atomic mass is 16.3. The van der Waals surface area contributed by atoms with Crippen LogP contribution >= 0.6 is 0 Å². The molecule has 3 N–H and O–H groups in total. The van der Waals surface area contributed by atoms with Crippen LogP contribution in [0, 0.1) is 6.92 Å². The summed E-state index contributed by atoms with van der Waals surface area (Å²) in [5, 5.41) is 8.02. The minimum Gasteiger partial charge on any atom is -0.465 e. The fourth-order valence-corrected chi connectivity index (χ4v) is 2.61. The molecule has 3 rings (SSSR count). The molecule has 3 amide bonds. The molecule has 30 heavy (non-hydrogen) atoms. The number of furan rings is 1. The Labute approximate surface area is 173 Å². The Morgan fingerprint density at radius 3 is 2.07 bits per heavy atom. The molecule has 0 fully saturated rings. The number of hydrogen-bond acceptors (Lipinski definition) is 4. The van der Waals surface area contributed by atoms with Crippen LogP contribution in [0.5, 0.6) is 0 Å². The van der Waals surface area contributed by atoms with Crippen LogP contribution in [0.1, 0.15) is 28.6 Å². The summed E-state index contributed by atoms with van der Waals surface area (Å²) in [4.78, 5) is 36.5. The molecule has 1 aromatic heterocycles. The number of rotatable bonds is 6. The van der Waals surface area contributed by atoms with Gasteiger partial charge in [0.15, 0.2) is 0 Å². The summed E-state index contributed by atoms with van der Waals surface area (Å²) in [6.07, 6.45) is 2.93. The van der Waals surface area contributed by atoms with E-state index in [1.807, 2.05) is 19.1 Å². The molecule has 0 atom stereocenters. The standard InChI is InChI=1S/C23H21N3O4/c1-15-5-7-17(8-6-15)22(28)26-21(14-20-4-3-13-30-20)23(29)25-19-11-9-18(10-12-19)24-16(2)27/h3-14H,1-2H3,(H,24,27)(H,25,29)(H,26,28)/b21-14-. The molecule has 0 aliphatic carbocycles. The molecule has 0 radical (unpaired) electrons. The fraction of sp³-hybridized carbons (Fsp3) is 0.0870. The molecule has 0 spiro atoms. The fourth-order valence-electron chi connectivity index (χ4n) is 2.61. The Balaban J connectivity index is 1.78. The maximum Gasteiger partial charge on any atom is 0.272 e. The van der Waals surface area contributed by atoms with E-state index in [1.165, 1.54) is 19.3 Å². The van der Waals surface area contributed by atoms with Crippen molar-refractivity contribution in [1.29, 1.82) is 0 Å². The van der Waals surface area contributed by atoms with Gasteiger partial charge in [-0.2, -0.15) is 0 Å². The second-order valence-electron chi connectivity index (χ2n) is 6.61. The largest absolute Gasteiger partial charge is 0.465 e. The first kappa shape index (κ1) is 20.6.